The Morgan fingerprint density at radius 1 is 1.31 bits per heavy atom. The number of alkyl halides is 3. The van der Waals surface area contributed by atoms with Gasteiger partial charge in [-0.2, -0.15) is 13.2 Å². The highest BCUT2D eigenvalue weighted by molar-refractivity contribution is 6.31. The van der Waals surface area contributed by atoms with Crippen molar-refractivity contribution in [2.24, 2.45) is 4.99 Å². The van der Waals surface area contributed by atoms with Gasteiger partial charge in [0, 0.05) is 41.2 Å². The van der Waals surface area contributed by atoms with Gasteiger partial charge in [-0.15, -0.1) is 0 Å². The number of amidine groups is 1. The normalized spacial score (nSPS) is 18.6. The van der Waals surface area contributed by atoms with Crippen LogP contribution < -0.4 is 10.6 Å². The van der Waals surface area contributed by atoms with Crippen LogP contribution in [0.25, 0.3) is 0 Å². The van der Waals surface area contributed by atoms with Crippen LogP contribution >= 0.6 is 11.6 Å². The van der Waals surface area contributed by atoms with Gasteiger partial charge in [0.05, 0.1) is 5.57 Å². The maximum absolute atomic E-state index is 14.4. The summed E-state index contributed by atoms with van der Waals surface area (Å²) in [6, 6.07) is -3.37. The largest absolute Gasteiger partial charge is 0.478 e. The fourth-order valence-corrected chi connectivity index (χ4v) is 3.96. The number of nitrogens with zero attached hydrogens (tertiary/aromatic N) is 2. The van der Waals surface area contributed by atoms with E-state index < -0.39 is 24.2 Å². The van der Waals surface area contributed by atoms with Crippen molar-refractivity contribution < 1.29 is 23.1 Å². The third-order valence-electron chi connectivity index (χ3n) is 5.72. The molecule has 0 fully saturated rings. The van der Waals surface area contributed by atoms with Gasteiger partial charge >= 0.3 is 12.1 Å². The van der Waals surface area contributed by atoms with E-state index in [4.69, 9.17) is 11.6 Å². The molecule has 2 aliphatic rings. The number of allylic oxidation sites excluding steroid dienone is 6. The number of halogens is 4. The van der Waals surface area contributed by atoms with Crippen LogP contribution in [0.3, 0.4) is 0 Å². The number of rotatable bonds is 12. The Morgan fingerprint density at radius 3 is 2.58 bits per heavy atom. The minimum atomic E-state index is -4.74. The Bertz CT molecular complexity index is 1040. The lowest BCUT2D eigenvalue weighted by molar-refractivity contribution is -0.148. The Hall–Kier alpha value is -2.78. The molecule has 0 radical (unpaired) electrons. The van der Waals surface area contributed by atoms with Gasteiger partial charge in [0.15, 0.2) is 0 Å². The molecule has 2 aliphatic heterocycles. The number of nitrogens with one attached hydrogen (secondary N) is 2. The standard InChI is InChI=1S/C26H34ClF3N4O2/c1-6-8-9-10-11-31-22-13-17(4)34-15-16(3)12-21(24(34)33-22)23(26(28,29)30)32-18(5)20(25(35)36)14-19(27)7-2/h7,12-15,18,23,31-32H,4,6,8-11H2,1-3,5H3,(H,35,36)/b19-7+,20-14+. The van der Waals surface area contributed by atoms with Crippen LogP contribution in [0.2, 0.25) is 0 Å². The summed E-state index contributed by atoms with van der Waals surface area (Å²) in [4.78, 5) is 17.8. The molecule has 2 atom stereocenters. The average molecular weight is 527 g/mol. The molecule has 0 spiro atoms. The Morgan fingerprint density at radius 2 is 2.00 bits per heavy atom. The highest BCUT2D eigenvalue weighted by atomic mass is 35.5. The zero-order valence-corrected chi connectivity index (χ0v) is 21.8. The Labute approximate surface area is 215 Å². The van der Waals surface area contributed by atoms with E-state index in [0.29, 0.717) is 23.6 Å². The van der Waals surface area contributed by atoms with Crippen molar-refractivity contribution in [1.82, 2.24) is 15.5 Å². The molecule has 0 saturated carbocycles. The van der Waals surface area contributed by atoms with Gasteiger partial charge in [0.25, 0.3) is 0 Å². The minimum absolute atomic E-state index is 0.0820. The van der Waals surface area contributed by atoms with Gasteiger partial charge in [-0.25, -0.2) is 9.79 Å². The van der Waals surface area contributed by atoms with Crippen molar-refractivity contribution in [3.63, 3.8) is 0 Å². The quantitative estimate of drug-likeness (QED) is 0.162. The monoisotopic (exact) mass is 526 g/mol. The van der Waals surface area contributed by atoms with Crippen LogP contribution in [0.5, 0.6) is 0 Å². The molecule has 36 heavy (non-hydrogen) atoms. The maximum atomic E-state index is 14.4. The molecule has 0 aromatic rings. The summed E-state index contributed by atoms with van der Waals surface area (Å²) in [5.41, 5.74) is 0.623. The summed E-state index contributed by atoms with van der Waals surface area (Å²) in [6.45, 7) is 11.4. The Kier molecular flexibility index (Phi) is 10.6. The van der Waals surface area contributed by atoms with E-state index in [1.165, 1.54) is 24.0 Å². The van der Waals surface area contributed by atoms with Gasteiger partial charge < -0.3 is 15.3 Å². The molecule has 3 N–H and O–H groups in total. The van der Waals surface area contributed by atoms with E-state index in [0.717, 1.165) is 31.8 Å². The molecular formula is C26H34ClF3N4O2. The minimum Gasteiger partial charge on any atom is -0.478 e. The SMILES string of the molecule is C=C1C=C(NCCCCCC)N=C2C(C(NC(C)/C(=C\C(Cl)=C/C)C(=O)O)C(F)(F)F)=CC(C)=CN12. The number of aliphatic imine (C=N–C) groups is 1. The fraction of sp³-hybridized carbons (Fsp3) is 0.462. The van der Waals surface area contributed by atoms with Crippen molar-refractivity contribution >= 4 is 23.4 Å². The predicted molar refractivity (Wildman–Crippen MR) is 138 cm³/mol. The zero-order chi connectivity index (χ0) is 27.0. The fourth-order valence-electron chi connectivity index (χ4n) is 3.84. The highest BCUT2D eigenvalue weighted by Gasteiger charge is 2.46. The van der Waals surface area contributed by atoms with Crippen LogP contribution in [-0.2, 0) is 4.79 Å². The van der Waals surface area contributed by atoms with Gasteiger partial charge in [-0.1, -0.05) is 50.4 Å². The first-order chi connectivity index (χ1) is 16.9. The second kappa shape index (κ2) is 13.0. The third-order valence-corrected chi connectivity index (χ3v) is 6.04. The van der Waals surface area contributed by atoms with Crippen molar-refractivity contribution in [3.05, 3.63) is 70.4 Å². The molecule has 2 rings (SSSR count). The van der Waals surface area contributed by atoms with Crippen LogP contribution in [0.15, 0.2) is 75.3 Å². The van der Waals surface area contributed by atoms with E-state index in [2.05, 4.69) is 29.1 Å². The van der Waals surface area contributed by atoms with E-state index in [1.807, 2.05) is 0 Å². The topological polar surface area (TPSA) is 77.0 Å². The van der Waals surface area contributed by atoms with Gasteiger partial charge in [0.2, 0.25) is 0 Å². The molecule has 2 heterocycles. The third kappa shape index (κ3) is 7.86. The van der Waals surface area contributed by atoms with Crippen molar-refractivity contribution in [1.29, 1.82) is 0 Å². The second-order valence-corrected chi connectivity index (χ2v) is 9.16. The van der Waals surface area contributed by atoms with Gasteiger partial charge in [-0.05, 0) is 44.9 Å². The first-order valence-corrected chi connectivity index (χ1v) is 12.3. The summed E-state index contributed by atoms with van der Waals surface area (Å²) in [7, 11) is 0. The van der Waals surface area contributed by atoms with Crippen LogP contribution in [-0.4, -0.2) is 46.6 Å². The van der Waals surface area contributed by atoms with E-state index in [1.54, 1.807) is 26.1 Å². The van der Waals surface area contributed by atoms with Gasteiger partial charge in [0.1, 0.15) is 17.7 Å². The molecule has 2 unspecified atom stereocenters. The molecule has 10 heteroatoms. The second-order valence-electron chi connectivity index (χ2n) is 8.73. The summed E-state index contributed by atoms with van der Waals surface area (Å²) in [6.07, 6.45) is 6.80. The number of unbranched alkanes of at least 4 members (excludes halogenated alkanes) is 3. The number of fused-ring (bicyclic) bond motifs is 1. The first-order valence-electron chi connectivity index (χ1n) is 11.9. The predicted octanol–water partition coefficient (Wildman–Crippen LogP) is 6.13. The first kappa shape index (κ1) is 29.5. The number of hydrogen-bond acceptors (Lipinski definition) is 5. The van der Waals surface area contributed by atoms with E-state index in [9.17, 15) is 23.1 Å². The number of carboxylic acids is 1. The lowest BCUT2D eigenvalue weighted by atomic mass is 9.96. The molecule has 198 valence electrons. The highest BCUT2D eigenvalue weighted by Crippen LogP contribution is 2.34. The van der Waals surface area contributed by atoms with E-state index >= 15 is 0 Å². The van der Waals surface area contributed by atoms with Crippen LogP contribution in [0.1, 0.15) is 53.4 Å². The van der Waals surface area contributed by atoms with Crippen molar-refractivity contribution in [3.8, 4) is 0 Å². The lowest BCUT2D eigenvalue weighted by Gasteiger charge is -2.36. The summed E-state index contributed by atoms with van der Waals surface area (Å²) in [5.74, 6) is -0.854. The number of aliphatic carboxylic acids is 1. The van der Waals surface area contributed by atoms with Crippen LogP contribution in [0, 0.1) is 0 Å². The maximum Gasteiger partial charge on any atom is 0.408 e. The van der Waals surface area contributed by atoms with Crippen molar-refractivity contribution in [2.75, 3.05) is 6.54 Å². The summed E-state index contributed by atoms with van der Waals surface area (Å²) in [5, 5.41) is 15.3. The number of hydrogen-bond donors (Lipinski definition) is 3. The molecule has 0 amide bonds. The Balaban J connectivity index is 2.42. The van der Waals surface area contributed by atoms with Gasteiger partial charge in [-0.3, -0.25) is 5.32 Å². The zero-order valence-electron chi connectivity index (χ0n) is 21.0. The van der Waals surface area contributed by atoms with E-state index in [-0.39, 0.29) is 22.0 Å². The summed E-state index contributed by atoms with van der Waals surface area (Å²) < 4.78 is 43.2. The summed E-state index contributed by atoms with van der Waals surface area (Å²) >= 11 is 5.94. The lowest BCUT2D eigenvalue weighted by Crippen LogP contribution is -2.52. The van der Waals surface area contributed by atoms with Crippen LogP contribution in [0.4, 0.5) is 13.2 Å². The molecule has 0 aromatic heterocycles. The smallest absolute Gasteiger partial charge is 0.408 e. The van der Waals surface area contributed by atoms with Crippen molar-refractivity contribution in [2.45, 2.75) is 71.6 Å². The number of carboxylic acid groups (broad SMARTS) is 1. The molecular weight excluding hydrogens is 493 g/mol. The molecule has 0 saturated heterocycles. The molecule has 0 bridgehead atoms. The molecule has 0 aromatic carbocycles. The molecule has 0 aliphatic carbocycles. The molecule has 6 nitrogen and oxygen atoms in total. The average Bonchev–Trinajstić information content (AvgIpc) is 2.79. The number of carbonyl (C=O) groups is 1.